The first-order valence-corrected chi connectivity index (χ1v) is 9.86. The van der Waals surface area contributed by atoms with Gasteiger partial charge in [0.15, 0.2) is 6.23 Å². The Morgan fingerprint density at radius 2 is 1.67 bits per heavy atom. The smallest absolute Gasteiger partial charge is 0.330 e. The summed E-state index contributed by atoms with van der Waals surface area (Å²) in [4.78, 5) is 25.8. The van der Waals surface area contributed by atoms with E-state index in [-0.39, 0.29) is 12.8 Å². The zero-order valence-corrected chi connectivity index (χ0v) is 16.2. The highest BCUT2D eigenvalue weighted by Gasteiger charge is 2.65. The van der Waals surface area contributed by atoms with Crippen molar-refractivity contribution in [2.75, 3.05) is 6.61 Å². The number of nitrogens with zero attached hydrogens (tertiary/aromatic N) is 1. The van der Waals surface area contributed by atoms with Crippen molar-refractivity contribution >= 4 is 0 Å². The van der Waals surface area contributed by atoms with Crippen LogP contribution in [-0.4, -0.2) is 48.8 Å². The van der Waals surface area contributed by atoms with Crippen LogP contribution >= 0.6 is 0 Å². The first kappa shape index (κ1) is 21.8. The summed E-state index contributed by atoms with van der Waals surface area (Å²) in [6.45, 7) is 3.59. The van der Waals surface area contributed by atoms with Gasteiger partial charge in [-0.2, -0.15) is 0 Å². The standard InChI is InChI=1S/C19H32N2O6/c1-3-5-7-10-18(25)14(13-22)27-16(19(18,26)11-8-6-4-2)21-12-9-15(23)20-17(21)24/h9,12,14,16,22,25-26H,3-8,10-11,13H2,1-2H3,(H,20,23,24)/t14-,16-,18-,19+/m1/s1. The third-order valence-electron chi connectivity index (χ3n) is 5.58. The second-order valence-electron chi connectivity index (χ2n) is 7.44. The number of aliphatic hydroxyl groups is 3. The Bertz CT molecular complexity index is 717. The molecule has 1 fully saturated rings. The maximum atomic E-state index is 12.3. The molecule has 4 atom stereocenters. The molecular weight excluding hydrogens is 352 g/mol. The summed E-state index contributed by atoms with van der Waals surface area (Å²) in [6, 6.07) is 1.17. The zero-order chi connectivity index (χ0) is 20.1. The van der Waals surface area contributed by atoms with Gasteiger partial charge in [0.2, 0.25) is 0 Å². The first-order valence-electron chi connectivity index (χ1n) is 9.86. The Labute approximate surface area is 158 Å². The minimum atomic E-state index is -1.76. The van der Waals surface area contributed by atoms with Crippen LogP contribution in [0.4, 0.5) is 0 Å². The third-order valence-corrected chi connectivity index (χ3v) is 5.58. The molecule has 154 valence electrons. The lowest BCUT2D eigenvalue weighted by molar-refractivity contribution is -0.166. The fourth-order valence-corrected chi connectivity index (χ4v) is 3.98. The summed E-state index contributed by atoms with van der Waals surface area (Å²) in [7, 11) is 0. The number of aromatic amines is 1. The molecule has 0 spiro atoms. The molecule has 0 bridgehead atoms. The van der Waals surface area contributed by atoms with E-state index in [1.54, 1.807) is 0 Å². The molecule has 8 heteroatoms. The van der Waals surface area contributed by atoms with Gasteiger partial charge in [0, 0.05) is 12.3 Å². The topological polar surface area (TPSA) is 125 Å². The van der Waals surface area contributed by atoms with Crippen molar-refractivity contribution < 1.29 is 20.1 Å². The Hall–Kier alpha value is -1.48. The van der Waals surface area contributed by atoms with E-state index in [1.807, 2.05) is 13.8 Å². The van der Waals surface area contributed by atoms with Crippen LogP contribution in [0.5, 0.6) is 0 Å². The van der Waals surface area contributed by atoms with Crippen LogP contribution in [0, 0.1) is 0 Å². The highest BCUT2D eigenvalue weighted by Crippen LogP contribution is 2.50. The Morgan fingerprint density at radius 1 is 1.07 bits per heavy atom. The van der Waals surface area contributed by atoms with E-state index in [2.05, 4.69) is 4.98 Å². The number of ether oxygens (including phenoxy) is 1. The van der Waals surface area contributed by atoms with Gasteiger partial charge in [0.1, 0.15) is 17.3 Å². The van der Waals surface area contributed by atoms with Gasteiger partial charge in [-0.05, 0) is 12.8 Å². The lowest BCUT2D eigenvalue weighted by Crippen LogP contribution is -2.59. The number of rotatable bonds is 10. The van der Waals surface area contributed by atoms with Crippen LogP contribution in [0.2, 0.25) is 0 Å². The number of aliphatic hydroxyl groups excluding tert-OH is 1. The predicted octanol–water partition coefficient (Wildman–Crippen LogP) is 1.05. The lowest BCUT2D eigenvalue weighted by atomic mass is 9.73. The largest absolute Gasteiger partial charge is 0.394 e. The lowest BCUT2D eigenvalue weighted by Gasteiger charge is -2.41. The van der Waals surface area contributed by atoms with E-state index in [1.165, 1.54) is 12.3 Å². The van der Waals surface area contributed by atoms with E-state index in [0.29, 0.717) is 12.8 Å². The highest BCUT2D eigenvalue weighted by atomic mass is 16.6. The van der Waals surface area contributed by atoms with Gasteiger partial charge in [0.25, 0.3) is 5.56 Å². The van der Waals surface area contributed by atoms with Crippen molar-refractivity contribution in [3.8, 4) is 0 Å². The molecular formula is C19H32N2O6. The fourth-order valence-electron chi connectivity index (χ4n) is 3.98. The second-order valence-corrected chi connectivity index (χ2v) is 7.44. The Kier molecular flexibility index (Phi) is 7.39. The summed E-state index contributed by atoms with van der Waals surface area (Å²) in [5.74, 6) is 0. The average molecular weight is 384 g/mol. The van der Waals surface area contributed by atoms with Crippen molar-refractivity contribution in [1.29, 1.82) is 0 Å². The summed E-state index contributed by atoms with van der Waals surface area (Å²) in [5, 5.41) is 32.9. The van der Waals surface area contributed by atoms with E-state index < -0.39 is 41.4 Å². The van der Waals surface area contributed by atoms with Gasteiger partial charge in [-0.25, -0.2) is 4.79 Å². The summed E-state index contributed by atoms with van der Waals surface area (Å²) < 4.78 is 6.89. The van der Waals surface area contributed by atoms with Gasteiger partial charge in [0.05, 0.1) is 6.61 Å². The number of hydrogen-bond donors (Lipinski definition) is 4. The fraction of sp³-hybridized carbons (Fsp3) is 0.789. The number of hydrogen-bond acceptors (Lipinski definition) is 6. The Balaban J connectivity index is 2.47. The van der Waals surface area contributed by atoms with Crippen LogP contribution < -0.4 is 11.2 Å². The van der Waals surface area contributed by atoms with Crippen molar-refractivity contribution in [3.05, 3.63) is 33.1 Å². The van der Waals surface area contributed by atoms with E-state index >= 15 is 0 Å². The molecule has 0 amide bonds. The minimum absolute atomic E-state index is 0.218. The van der Waals surface area contributed by atoms with E-state index in [4.69, 9.17) is 4.74 Å². The highest BCUT2D eigenvalue weighted by molar-refractivity contribution is 5.13. The molecule has 2 heterocycles. The first-order chi connectivity index (χ1) is 12.8. The quantitative estimate of drug-likeness (QED) is 0.447. The third kappa shape index (κ3) is 4.18. The van der Waals surface area contributed by atoms with Crippen LogP contribution in [0.25, 0.3) is 0 Å². The number of aromatic nitrogens is 2. The van der Waals surface area contributed by atoms with Gasteiger partial charge < -0.3 is 20.1 Å². The van der Waals surface area contributed by atoms with Gasteiger partial charge in [-0.3, -0.25) is 14.3 Å². The van der Waals surface area contributed by atoms with Crippen molar-refractivity contribution in [2.24, 2.45) is 0 Å². The molecule has 0 radical (unpaired) electrons. The SMILES string of the molecule is CCCCC[C@@]1(O)[C@@H](CO)O[C@@H](n2ccc(=O)[nH]c2=O)[C@@]1(O)CCCCC. The van der Waals surface area contributed by atoms with Gasteiger partial charge in [-0.15, -0.1) is 0 Å². The van der Waals surface area contributed by atoms with E-state index in [0.717, 1.165) is 30.3 Å². The zero-order valence-electron chi connectivity index (χ0n) is 16.2. The van der Waals surface area contributed by atoms with Crippen molar-refractivity contribution in [2.45, 2.75) is 88.7 Å². The molecule has 27 heavy (non-hydrogen) atoms. The summed E-state index contributed by atoms with van der Waals surface area (Å²) in [5.41, 5.74) is -4.73. The Morgan fingerprint density at radius 3 is 2.19 bits per heavy atom. The predicted molar refractivity (Wildman–Crippen MR) is 101 cm³/mol. The van der Waals surface area contributed by atoms with Gasteiger partial charge in [-0.1, -0.05) is 52.4 Å². The molecule has 8 nitrogen and oxygen atoms in total. The number of nitrogens with one attached hydrogen (secondary N) is 1. The molecule has 0 aromatic carbocycles. The van der Waals surface area contributed by atoms with Crippen molar-refractivity contribution in [3.63, 3.8) is 0 Å². The molecule has 1 aromatic rings. The maximum absolute atomic E-state index is 12.3. The monoisotopic (exact) mass is 384 g/mol. The van der Waals surface area contributed by atoms with Crippen LogP contribution in [-0.2, 0) is 4.74 Å². The van der Waals surface area contributed by atoms with E-state index in [9.17, 15) is 24.9 Å². The second kappa shape index (κ2) is 9.14. The van der Waals surface area contributed by atoms with Gasteiger partial charge >= 0.3 is 5.69 Å². The molecule has 1 aromatic heterocycles. The normalized spacial score (nSPS) is 30.7. The molecule has 2 rings (SSSR count). The van der Waals surface area contributed by atoms with Crippen molar-refractivity contribution in [1.82, 2.24) is 9.55 Å². The molecule has 0 aliphatic carbocycles. The van der Waals surface area contributed by atoms with Crippen LogP contribution in [0.3, 0.4) is 0 Å². The average Bonchev–Trinajstić information content (AvgIpc) is 2.84. The maximum Gasteiger partial charge on any atom is 0.330 e. The molecule has 0 unspecified atom stereocenters. The molecule has 4 N–H and O–H groups in total. The molecule has 0 saturated carbocycles. The number of unbranched alkanes of at least 4 members (excludes halogenated alkanes) is 4. The summed E-state index contributed by atoms with van der Waals surface area (Å²) in [6.07, 6.45) is 4.40. The number of H-pyrrole nitrogens is 1. The molecule has 1 aliphatic heterocycles. The molecule has 1 saturated heterocycles. The van der Waals surface area contributed by atoms with Crippen LogP contribution in [0.15, 0.2) is 21.9 Å². The minimum Gasteiger partial charge on any atom is -0.394 e. The van der Waals surface area contributed by atoms with Crippen LogP contribution in [0.1, 0.15) is 71.4 Å². The summed E-state index contributed by atoms with van der Waals surface area (Å²) >= 11 is 0. The molecule has 1 aliphatic rings.